The second-order valence-corrected chi connectivity index (χ2v) is 2.20. The first-order valence-corrected chi connectivity index (χ1v) is 3.33. The molecule has 1 aromatic carbocycles. The third-order valence-electron chi connectivity index (χ3n) is 1.45. The zero-order chi connectivity index (χ0) is 8.97. The van der Waals surface area contributed by atoms with Crippen LogP contribution in [0.2, 0.25) is 0 Å². The summed E-state index contributed by atoms with van der Waals surface area (Å²) in [5, 5.41) is 15.8. The van der Waals surface area contributed by atoms with Gasteiger partial charge in [-0.15, -0.1) is 0 Å². The molecule has 0 saturated heterocycles. The van der Waals surface area contributed by atoms with Gasteiger partial charge in [-0.05, 0) is 31.0 Å². The Balaban J connectivity index is 3.01. The van der Waals surface area contributed by atoms with Crippen molar-refractivity contribution in [3.63, 3.8) is 0 Å². The molecule has 0 amide bonds. The minimum Gasteiger partial charge on any atom is -0.282 e. The molecule has 0 aliphatic rings. The second-order valence-electron chi connectivity index (χ2n) is 2.20. The second kappa shape index (κ2) is 3.44. The Morgan fingerprint density at radius 3 is 2.42 bits per heavy atom. The van der Waals surface area contributed by atoms with E-state index in [1.807, 2.05) is 6.07 Å². The summed E-state index contributed by atoms with van der Waals surface area (Å²) >= 11 is 0. The molecular formula is C9H7N3. The highest BCUT2D eigenvalue weighted by molar-refractivity contribution is 5.99. The van der Waals surface area contributed by atoms with Crippen molar-refractivity contribution in [2.75, 3.05) is 0 Å². The van der Waals surface area contributed by atoms with Crippen molar-refractivity contribution in [3.05, 3.63) is 35.4 Å². The number of nitrogens with one attached hydrogen (secondary N) is 1. The summed E-state index contributed by atoms with van der Waals surface area (Å²) in [4.78, 5) is 3.46. The lowest BCUT2D eigenvalue weighted by Gasteiger charge is -1.95. The van der Waals surface area contributed by atoms with Crippen LogP contribution in [-0.2, 0) is 0 Å². The van der Waals surface area contributed by atoms with Gasteiger partial charge in [-0.25, -0.2) is 4.99 Å². The molecule has 0 radical (unpaired) electrons. The number of nitrogens with zero attached hydrogens (tertiary/aromatic N) is 2. The Kier molecular flexibility index (Phi) is 2.34. The number of hydrogen-bond acceptors (Lipinski definition) is 2. The fourth-order valence-electron chi connectivity index (χ4n) is 0.794. The van der Waals surface area contributed by atoms with E-state index in [9.17, 15) is 0 Å². The molecule has 0 bridgehead atoms. The van der Waals surface area contributed by atoms with E-state index in [0.29, 0.717) is 11.1 Å². The van der Waals surface area contributed by atoms with Crippen LogP contribution in [0.25, 0.3) is 0 Å². The van der Waals surface area contributed by atoms with Crippen molar-refractivity contribution in [2.45, 2.75) is 0 Å². The number of amidine groups is 1. The van der Waals surface area contributed by atoms with E-state index in [1.54, 1.807) is 24.3 Å². The Labute approximate surface area is 70.5 Å². The van der Waals surface area contributed by atoms with Crippen LogP contribution in [0.1, 0.15) is 11.1 Å². The highest BCUT2D eigenvalue weighted by atomic mass is 14.8. The fourth-order valence-corrected chi connectivity index (χ4v) is 0.794. The largest absolute Gasteiger partial charge is 0.282 e. The van der Waals surface area contributed by atoms with Gasteiger partial charge in [0.1, 0.15) is 0 Å². The summed E-state index contributed by atoms with van der Waals surface area (Å²) in [6.07, 6.45) is 0. The number of benzene rings is 1. The van der Waals surface area contributed by atoms with Gasteiger partial charge in [-0.3, -0.25) is 5.41 Å². The predicted molar refractivity (Wildman–Crippen MR) is 47.5 cm³/mol. The Bertz CT molecular complexity index is 343. The summed E-state index contributed by atoms with van der Waals surface area (Å²) in [7, 11) is 0. The van der Waals surface area contributed by atoms with E-state index < -0.39 is 0 Å². The maximum Gasteiger partial charge on any atom is 0.151 e. The Morgan fingerprint density at radius 1 is 1.42 bits per heavy atom. The molecule has 0 fully saturated rings. The molecule has 3 nitrogen and oxygen atoms in total. The zero-order valence-electron chi connectivity index (χ0n) is 6.41. The molecule has 0 aromatic heterocycles. The lowest BCUT2D eigenvalue weighted by atomic mass is 10.1. The van der Waals surface area contributed by atoms with Gasteiger partial charge in [0, 0.05) is 5.56 Å². The third-order valence-corrected chi connectivity index (χ3v) is 1.45. The molecule has 0 aliphatic heterocycles. The third kappa shape index (κ3) is 1.55. The molecule has 1 aromatic rings. The van der Waals surface area contributed by atoms with Crippen LogP contribution in [0.3, 0.4) is 0 Å². The normalized spacial score (nSPS) is 8.58. The molecule has 1 rings (SSSR count). The number of hydrogen-bond donors (Lipinski definition) is 1. The topological polar surface area (TPSA) is 60.0 Å². The van der Waals surface area contributed by atoms with Gasteiger partial charge < -0.3 is 0 Å². The van der Waals surface area contributed by atoms with E-state index in [-0.39, 0.29) is 5.84 Å². The molecular weight excluding hydrogens is 150 g/mol. The first-order chi connectivity index (χ1) is 5.77. The molecule has 0 unspecified atom stereocenters. The van der Waals surface area contributed by atoms with Crippen LogP contribution in [-0.4, -0.2) is 12.6 Å². The van der Waals surface area contributed by atoms with Crippen LogP contribution < -0.4 is 0 Å². The van der Waals surface area contributed by atoms with Gasteiger partial charge in [-0.1, -0.05) is 0 Å². The first-order valence-electron chi connectivity index (χ1n) is 3.33. The molecule has 1 N–H and O–H groups in total. The van der Waals surface area contributed by atoms with Crippen LogP contribution in [0.5, 0.6) is 0 Å². The number of rotatable bonds is 1. The minimum atomic E-state index is 0.125. The lowest BCUT2D eigenvalue weighted by molar-refractivity contribution is 1.42. The number of aliphatic imine (C=N–C) groups is 1. The molecule has 0 spiro atoms. The maximum absolute atomic E-state index is 8.48. The van der Waals surface area contributed by atoms with Gasteiger partial charge in [0.2, 0.25) is 0 Å². The standard InChI is InChI=1S/C9H7N3/c1-12-9(11)8-4-2-7(6-10)3-5-8/h2-5,11H,1H2. The fraction of sp³-hybridized carbons (Fsp3) is 0. The summed E-state index contributed by atoms with van der Waals surface area (Å²) < 4.78 is 0. The molecule has 3 heteroatoms. The molecule has 12 heavy (non-hydrogen) atoms. The van der Waals surface area contributed by atoms with Crippen molar-refractivity contribution in [1.29, 1.82) is 10.7 Å². The average Bonchev–Trinajstić information content (AvgIpc) is 2.17. The van der Waals surface area contributed by atoms with E-state index in [2.05, 4.69) is 11.7 Å². The molecule has 0 aliphatic carbocycles. The summed E-state index contributed by atoms with van der Waals surface area (Å²) in [6.45, 7) is 3.24. The first kappa shape index (κ1) is 8.15. The van der Waals surface area contributed by atoms with Gasteiger partial charge in [-0.2, -0.15) is 5.26 Å². The van der Waals surface area contributed by atoms with Crippen LogP contribution in [0, 0.1) is 16.7 Å². The van der Waals surface area contributed by atoms with Crippen molar-refractivity contribution >= 4 is 12.6 Å². The zero-order valence-corrected chi connectivity index (χ0v) is 6.41. The van der Waals surface area contributed by atoms with Crippen molar-refractivity contribution in [2.24, 2.45) is 4.99 Å². The van der Waals surface area contributed by atoms with E-state index >= 15 is 0 Å². The van der Waals surface area contributed by atoms with Crippen molar-refractivity contribution in [3.8, 4) is 6.07 Å². The van der Waals surface area contributed by atoms with Gasteiger partial charge >= 0.3 is 0 Å². The summed E-state index contributed by atoms with van der Waals surface area (Å²) in [5.74, 6) is 0.125. The molecule has 58 valence electrons. The van der Waals surface area contributed by atoms with E-state index in [0.717, 1.165) is 0 Å². The van der Waals surface area contributed by atoms with E-state index in [1.165, 1.54) is 0 Å². The smallest absolute Gasteiger partial charge is 0.151 e. The average molecular weight is 157 g/mol. The highest BCUT2D eigenvalue weighted by Gasteiger charge is 1.96. The van der Waals surface area contributed by atoms with Crippen LogP contribution >= 0.6 is 0 Å². The quantitative estimate of drug-likeness (QED) is 0.488. The minimum absolute atomic E-state index is 0.125. The van der Waals surface area contributed by atoms with Gasteiger partial charge in [0.25, 0.3) is 0 Å². The monoisotopic (exact) mass is 157 g/mol. The SMILES string of the molecule is C=NC(=N)c1ccc(C#N)cc1. The van der Waals surface area contributed by atoms with Crippen molar-refractivity contribution < 1.29 is 0 Å². The Morgan fingerprint density at radius 2 is 2.00 bits per heavy atom. The molecule has 0 saturated carbocycles. The summed E-state index contributed by atoms with van der Waals surface area (Å²) in [5.41, 5.74) is 1.25. The van der Waals surface area contributed by atoms with Crippen LogP contribution in [0.15, 0.2) is 29.3 Å². The van der Waals surface area contributed by atoms with Gasteiger partial charge in [0.05, 0.1) is 11.6 Å². The lowest BCUT2D eigenvalue weighted by Crippen LogP contribution is -1.92. The van der Waals surface area contributed by atoms with Gasteiger partial charge in [0.15, 0.2) is 5.84 Å². The Hall–Kier alpha value is -1.95. The molecule has 0 atom stereocenters. The highest BCUT2D eigenvalue weighted by Crippen LogP contribution is 2.03. The number of nitriles is 1. The van der Waals surface area contributed by atoms with Crippen LogP contribution in [0.4, 0.5) is 0 Å². The predicted octanol–water partition coefficient (Wildman–Crippen LogP) is 1.58. The molecule has 0 heterocycles. The van der Waals surface area contributed by atoms with Crippen molar-refractivity contribution in [1.82, 2.24) is 0 Å². The van der Waals surface area contributed by atoms with E-state index in [4.69, 9.17) is 10.7 Å². The maximum atomic E-state index is 8.48. The summed E-state index contributed by atoms with van der Waals surface area (Å²) in [6, 6.07) is 8.64.